The highest BCUT2D eigenvalue weighted by Crippen LogP contribution is 2.17. The SMILES string of the molecule is CN(C(=O)Cn1nc(-c2ccc(F)cc2)ccc1=O)[C@@H]1CCS(=O)(=O)C1. The second kappa shape index (κ2) is 6.99. The Bertz CT molecular complexity index is 986. The van der Waals surface area contributed by atoms with Crippen LogP contribution in [0.3, 0.4) is 0 Å². The van der Waals surface area contributed by atoms with Crippen molar-refractivity contribution in [2.75, 3.05) is 18.6 Å². The number of halogens is 1. The number of carbonyl (C=O) groups excluding carboxylic acids is 1. The van der Waals surface area contributed by atoms with Gasteiger partial charge in [-0.1, -0.05) is 0 Å². The van der Waals surface area contributed by atoms with Crippen molar-refractivity contribution in [3.05, 3.63) is 52.6 Å². The molecule has 1 aliphatic heterocycles. The molecule has 9 heteroatoms. The molecule has 1 saturated heterocycles. The van der Waals surface area contributed by atoms with Crippen LogP contribution in [-0.4, -0.2) is 53.6 Å². The molecule has 138 valence electrons. The summed E-state index contributed by atoms with van der Waals surface area (Å²) in [5.41, 5.74) is 0.600. The summed E-state index contributed by atoms with van der Waals surface area (Å²) in [6.45, 7) is -0.291. The van der Waals surface area contributed by atoms with Crippen LogP contribution in [0, 0.1) is 5.82 Å². The Morgan fingerprint density at radius 2 is 1.96 bits per heavy atom. The number of benzene rings is 1. The van der Waals surface area contributed by atoms with Gasteiger partial charge in [0.25, 0.3) is 5.56 Å². The normalized spacial score (nSPS) is 18.6. The fraction of sp³-hybridized carbons (Fsp3) is 0.353. The monoisotopic (exact) mass is 379 g/mol. The minimum absolute atomic E-state index is 0.0623. The molecule has 7 nitrogen and oxygen atoms in total. The van der Waals surface area contributed by atoms with Crippen molar-refractivity contribution in [2.45, 2.75) is 19.0 Å². The second-order valence-corrected chi connectivity index (χ2v) is 8.51. The molecule has 0 aliphatic carbocycles. The Labute approximate surface area is 150 Å². The predicted octanol–water partition coefficient (Wildman–Crippen LogP) is 0.695. The third-order valence-corrected chi connectivity index (χ3v) is 6.19. The Morgan fingerprint density at radius 1 is 1.27 bits per heavy atom. The molecule has 26 heavy (non-hydrogen) atoms. The molecule has 0 radical (unpaired) electrons. The van der Waals surface area contributed by atoms with E-state index in [1.165, 1.54) is 48.3 Å². The Hall–Kier alpha value is -2.55. The van der Waals surface area contributed by atoms with Crippen molar-refractivity contribution in [2.24, 2.45) is 0 Å². The van der Waals surface area contributed by atoms with Crippen molar-refractivity contribution in [3.63, 3.8) is 0 Å². The van der Waals surface area contributed by atoms with Crippen molar-refractivity contribution in [1.29, 1.82) is 0 Å². The highest BCUT2D eigenvalue weighted by Gasteiger charge is 2.32. The van der Waals surface area contributed by atoms with Crippen LogP contribution in [0.1, 0.15) is 6.42 Å². The minimum Gasteiger partial charge on any atom is -0.340 e. The van der Waals surface area contributed by atoms with Crippen LogP contribution in [0.25, 0.3) is 11.3 Å². The van der Waals surface area contributed by atoms with Gasteiger partial charge in [-0.3, -0.25) is 9.59 Å². The third-order valence-electron chi connectivity index (χ3n) is 4.44. The molecular weight excluding hydrogens is 361 g/mol. The lowest BCUT2D eigenvalue weighted by Gasteiger charge is -2.23. The first-order valence-corrected chi connectivity index (χ1v) is 9.87. The molecule has 0 N–H and O–H groups in total. The molecule has 1 atom stereocenters. The van der Waals surface area contributed by atoms with Crippen LogP contribution in [0.2, 0.25) is 0 Å². The zero-order valence-electron chi connectivity index (χ0n) is 14.1. The van der Waals surface area contributed by atoms with E-state index in [9.17, 15) is 22.4 Å². The molecule has 1 aromatic carbocycles. The largest absolute Gasteiger partial charge is 0.340 e. The van der Waals surface area contributed by atoms with Gasteiger partial charge in [0.1, 0.15) is 12.4 Å². The Kier molecular flexibility index (Phi) is 4.90. The molecular formula is C17H18FN3O4S. The molecule has 0 saturated carbocycles. The van der Waals surface area contributed by atoms with Crippen molar-refractivity contribution < 1.29 is 17.6 Å². The van der Waals surface area contributed by atoms with E-state index < -0.39 is 21.3 Å². The summed E-state index contributed by atoms with van der Waals surface area (Å²) < 4.78 is 37.2. The van der Waals surface area contributed by atoms with Crippen LogP contribution in [0.15, 0.2) is 41.2 Å². The third kappa shape index (κ3) is 3.98. The maximum atomic E-state index is 13.0. The van der Waals surface area contributed by atoms with Gasteiger partial charge in [0, 0.05) is 24.7 Å². The van der Waals surface area contributed by atoms with Crippen LogP contribution < -0.4 is 5.56 Å². The summed E-state index contributed by atoms with van der Waals surface area (Å²) >= 11 is 0. The average molecular weight is 379 g/mol. The van der Waals surface area contributed by atoms with Gasteiger partial charge in [-0.15, -0.1) is 0 Å². The van der Waals surface area contributed by atoms with E-state index in [1.54, 1.807) is 0 Å². The number of likely N-dealkylation sites (N-methyl/N-ethyl adjacent to an activating group) is 1. The van der Waals surface area contributed by atoms with Crippen molar-refractivity contribution in [3.8, 4) is 11.3 Å². The zero-order valence-corrected chi connectivity index (χ0v) is 14.9. The molecule has 2 heterocycles. The summed E-state index contributed by atoms with van der Waals surface area (Å²) in [5, 5.41) is 4.17. The van der Waals surface area contributed by atoms with Gasteiger partial charge in [0.2, 0.25) is 5.91 Å². The quantitative estimate of drug-likeness (QED) is 0.780. The standard InChI is InChI=1S/C17H18FN3O4S/c1-20(14-8-9-26(24,25)11-14)17(23)10-21-16(22)7-6-15(19-21)12-2-4-13(18)5-3-12/h2-7,14H,8-11H2,1H3/t14-/m1/s1. The van der Waals surface area contributed by atoms with Crippen molar-refractivity contribution >= 4 is 15.7 Å². The Balaban J connectivity index is 1.79. The van der Waals surface area contributed by atoms with Crippen molar-refractivity contribution in [1.82, 2.24) is 14.7 Å². The summed E-state index contributed by atoms with van der Waals surface area (Å²) in [6.07, 6.45) is 0.391. The number of hydrogen-bond acceptors (Lipinski definition) is 5. The highest BCUT2D eigenvalue weighted by molar-refractivity contribution is 7.91. The van der Waals surface area contributed by atoms with Gasteiger partial charge in [-0.25, -0.2) is 17.5 Å². The highest BCUT2D eigenvalue weighted by atomic mass is 32.2. The minimum atomic E-state index is -3.11. The molecule has 2 aromatic rings. The average Bonchev–Trinajstić information content (AvgIpc) is 2.97. The number of hydrogen-bond donors (Lipinski definition) is 0. The van der Waals surface area contributed by atoms with E-state index in [4.69, 9.17) is 0 Å². The molecule has 0 bridgehead atoms. The zero-order chi connectivity index (χ0) is 18.9. The lowest BCUT2D eigenvalue weighted by molar-refractivity contribution is -0.132. The molecule has 1 amide bonds. The van der Waals surface area contributed by atoms with Gasteiger partial charge in [0.15, 0.2) is 9.84 Å². The topological polar surface area (TPSA) is 89.3 Å². The van der Waals surface area contributed by atoms with E-state index in [0.717, 1.165) is 4.68 Å². The van der Waals surface area contributed by atoms with E-state index in [-0.39, 0.29) is 29.9 Å². The summed E-state index contributed by atoms with van der Waals surface area (Å²) in [6, 6.07) is 8.04. The van der Waals surface area contributed by atoms with E-state index in [2.05, 4.69) is 5.10 Å². The number of nitrogens with zero attached hydrogens (tertiary/aromatic N) is 3. The number of carbonyl (C=O) groups is 1. The van der Waals surface area contributed by atoms with E-state index in [1.807, 2.05) is 0 Å². The molecule has 0 spiro atoms. The summed E-state index contributed by atoms with van der Waals surface area (Å²) in [5.74, 6) is -0.774. The molecule has 1 aliphatic rings. The van der Waals surface area contributed by atoms with Crippen LogP contribution in [-0.2, 0) is 21.2 Å². The van der Waals surface area contributed by atoms with Gasteiger partial charge >= 0.3 is 0 Å². The molecule has 0 unspecified atom stereocenters. The lowest BCUT2D eigenvalue weighted by Crippen LogP contribution is -2.41. The van der Waals surface area contributed by atoms with Crippen LogP contribution in [0.4, 0.5) is 4.39 Å². The number of rotatable bonds is 4. The van der Waals surface area contributed by atoms with Crippen LogP contribution in [0.5, 0.6) is 0 Å². The first-order valence-electron chi connectivity index (χ1n) is 8.05. The predicted molar refractivity (Wildman–Crippen MR) is 93.7 cm³/mol. The number of amides is 1. The first kappa shape index (κ1) is 18.2. The second-order valence-electron chi connectivity index (χ2n) is 6.28. The van der Waals surface area contributed by atoms with Gasteiger partial charge < -0.3 is 4.90 Å². The van der Waals surface area contributed by atoms with Gasteiger partial charge in [-0.2, -0.15) is 5.10 Å². The smallest absolute Gasteiger partial charge is 0.267 e. The van der Waals surface area contributed by atoms with Crippen LogP contribution >= 0.6 is 0 Å². The molecule has 1 fully saturated rings. The fourth-order valence-electron chi connectivity index (χ4n) is 2.86. The molecule has 3 rings (SSSR count). The van der Waals surface area contributed by atoms with E-state index >= 15 is 0 Å². The molecule has 1 aromatic heterocycles. The Morgan fingerprint density at radius 3 is 2.58 bits per heavy atom. The van der Waals surface area contributed by atoms with E-state index in [0.29, 0.717) is 17.7 Å². The van der Waals surface area contributed by atoms with Gasteiger partial charge in [0.05, 0.1) is 17.2 Å². The summed E-state index contributed by atoms with van der Waals surface area (Å²) in [7, 11) is -1.58. The lowest BCUT2D eigenvalue weighted by atomic mass is 10.1. The number of aromatic nitrogens is 2. The van der Waals surface area contributed by atoms with Gasteiger partial charge in [-0.05, 0) is 36.8 Å². The summed E-state index contributed by atoms with van der Waals surface area (Å²) in [4.78, 5) is 25.8. The first-order chi connectivity index (χ1) is 12.2. The maximum Gasteiger partial charge on any atom is 0.267 e. The maximum absolute atomic E-state index is 13.0. The fourth-order valence-corrected chi connectivity index (χ4v) is 4.64. The number of sulfone groups is 1.